The molecule has 1 aromatic rings. The Morgan fingerprint density at radius 1 is 1.56 bits per heavy atom. The number of ether oxygens (including phenoxy) is 2. The third-order valence-corrected chi connectivity index (χ3v) is 2.67. The predicted octanol–water partition coefficient (Wildman–Crippen LogP) is 1.63. The molecule has 1 aliphatic rings. The van der Waals surface area contributed by atoms with Gasteiger partial charge in [-0.25, -0.2) is 4.39 Å². The number of morpholine rings is 1. The molecule has 0 bridgehead atoms. The Kier molecular flexibility index (Phi) is 3.88. The first-order valence-corrected chi connectivity index (χ1v) is 5.41. The molecule has 0 saturated carbocycles. The molecule has 3 nitrogen and oxygen atoms in total. The molecule has 1 atom stereocenters. The van der Waals surface area contributed by atoms with Gasteiger partial charge in [-0.1, -0.05) is 6.07 Å². The zero-order valence-electron chi connectivity index (χ0n) is 9.33. The number of benzene rings is 1. The third-order valence-electron chi connectivity index (χ3n) is 2.67. The highest BCUT2D eigenvalue weighted by atomic mass is 19.1. The summed E-state index contributed by atoms with van der Waals surface area (Å²) in [5, 5.41) is 3.25. The highest BCUT2D eigenvalue weighted by molar-refractivity contribution is 5.27. The van der Waals surface area contributed by atoms with Gasteiger partial charge in [0.1, 0.15) is 5.82 Å². The summed E-state index contributed by atoms with van der Waals surface area (Å²) < 4.78 is 24.0. The molecule has 1 aromatic carbocycles. The van der Waals surface area contributed by atoms with Gasteiger partial charge >= 0.3 is 0 Å². The minimum Gasteiger partial charge on any atom is -0.380 e. The van der Waals surface area contributed by atoms with E-state index in [0.29, 0.717) is 18.8 Å². The molecule has 1 unspecified atom stereocenters. The summed E-state index contributed by atoms with van der Waals surface area (Å²) in [5.74, 6) is -0.227. The number of hydrogen-bond donors (Lipinski definition) is 1. The standard InChI is InChI=1S/C12H16FNO2/c1-15-8-10-6-9(2-3-11(10)13)12-7-14-4-5-16-12/h2-3,6,12,14H,4-5,7-8H2,1H3. The Balaban J connectivity index is 2.17. The summed E-state index contributed by atoms with van der Waals surface area (Å²) in [6, 6.07) is 5.06. The van der Waals surface area contributed by atoms with Crippen LogP contribution in [-0.2, 0) is 16.1 Å². The average Bonchev–Trinajstić information content (AvgIpc) is 2.33. The lowest BCUT2D eigenvalue weighted by atomic mass is 10.0. The molecule has 1 N–H and O–H groups in total. The third kappa shape index (κ3) is 2.58. The van der Waals surface area contributed by atoms with Crippen molar-refractivity contribution in [3.63, 3.8) is 0 Å². The van der Waals surface area contributed by atoms with Gasteiger partial charge in [-0.3, -0.25) is 0 Å². The second kappa shape index (κ2) is 5.39. The number of methoxy groups -OCH3 is 1. The van der Waals surface area contributed by atoms with Crippen molar-refractivity contribution in [1.82, 2.24) is 5.32 Å². The maximum Gasteiger partial charge on any atom is 0.128 e. The SMILES string of the molecule is COCc1cc(C2CNCCO2)ccc1F. The maximum absolute atomic E-state index is 13.4. The highest BCUT2D eigenvalue weighted by Crippen LogP contribution is 2.21. The molecule has 0 amide bonds. The second-order valence-electron chi connectivity index (χ2n) is 3.85. The molecular formula is C12H16FNO2. The average molecular weight is 225 g/mol. The van der Waals surface area contributed by atoms with E-state index in [-0.39, 0.29) is 11.9 Å². The van der Waals surface area contributed by atoms with Crippen LogP contribution in [0.25, 0.3) is 0 Å². The molecule has 1 saturated heterocycles. The van der Waals surface area contributed by atoms with Crippen molar-refractivity contribution in [1.29, 1.82) is 0 Å². The lowest BCUT2D eigenvalue weighted by Crippen LogP contribution is -2.33. The van der Waals surface area contributed by atoms with E-state index in [4.69, 9.17) is 9.47 Å². The van der Waals surface area contributed by atoms with E-state index < -0.39 is 0 Å². The Labute approximate surface area is 94.6 Å². The van der Waals surface area contributed by atoms with Gasteiger partial charge in [-0.05, 0) is 17.7 Å². The van der Waals surface area contributed by atoms with Crippen LogP contribution >= 0.6 is 0 Å². The van der Waals surface area contributed by atoms with Crippen LogP contribution in [-0.4, -0.2) is 26.8 Å². The van der Waals surface area contributed by atoms with E-state index in [0.717, 1.165) is 18.7 Å². The van der Waals surface area contributed by atoms with Crippen LogP contribution in [0.3, 0.4) is 0 Å². The summed E-state index contributed by atoms with van der Waals surface area (Å²) in [4.78, 5) is 0. The predicted molar refractivity (Wildman–Crippen MR) is 58.7 cm³/mol. The van der Waals surface area contributed by atoms with Crippen molar-refractivity contribution in [3.8, 4) is 0 Å². The first-order chi connectivity index (χ1) is 7.81. The van der Waals surface area contributed by atoms with Gasteiger partial charge in [0.05, 0.1) is 19.3 Å². The van der Waals surface area contributed by atoms with Gasteiger partial charge in [0.25, 0.3) is 0 Å². The molecule has 4 heteroatoms. The Morgan fingerprint density at radius 3 is 3.12 bits per heavy atom. The lowest BCUT2D eigenvalue weighted by Gasteiger charge is -2.24. The van der Waals surface area contributed by atoms with Crippen LogP contribution in [0.2, 0.25) is 0 Å². The van der Waals surface area contributed by atoms with Crippen molar-refractivity contribution in [2.75, 3.05) is 26.8 Å². The van der Waals surface area contributed by atoms with Crippen molar-refractivity contribution in [2.45, 2.75) is 12.7 Å². The molecule has 88 valence electrons. The number of nitrogens with one attached hydrogen (secondary N) is 1. The van der Waals surface area contributed by atoms with Crippen LogP contribution < -0.4 is 5.32 Å². The van der Waals surface area contributed by atoms with Gasteiger partial charge in [-0.2, -0.15) is 0 Å². The zero-order valence-corrected chi connectivity index (χ0v) is 9.33. The quantitative estimate of drug-likeness (QED) is 0.848. The van der Waals surface area contributed by atoms with E-state index >= 15 is 0 Å². The van der Waals surface area contributed by atoms with Crippen LogP contribution in [0.4, 0.5) is 4.39 Å². The van der Waals surface area contributed by atoms with E-state index in [9.17, 15) is 4.39 Å². The summed E-state index contributed by atoms with van der Waals surface area (Å²) in [5.41, 5.74) is 1.58. The molecule has 1 heterocycles. The van der Waals surface area contributed by atoms with Crippen LogP contribution in [0.5, 0.6) is 0 Å². The van der Waals surface area contributed by atoms with Crippen molar-refractivity contribution in [3.05, 3.63) is 35.1 Å². The Bertz CT molecular complexity index is 351. The van der Waals surface area contributed by atoms with E-state index in [2.05, 4.69) is 5.32 Å². The molecule has 2 rings (SSSR count). The molecule has 0 aromatic heterocycles. The maximum atomic E-state index is 13.4. The van der Waals surface area contributed by atoms with Crippen LogP contribution in [0.15, 0.2) is 18.2 Å². The van der Waals surface area contributed by atoms with Crippen molar-refractivity contribution < 1.29 is 13.9 Å². The summed E-state index contributed by atoms with van der Waals surface area (Å²) in [6.07, 6.45) is 0.0185. The van der Waals surface area contributed by atoms with E-state index in [1.54, 1.807) is 13.2 Å². The van der Waals surface area contributed by atoms with Gasteiger partial charge in [-0.15, -0.1) is 0 Å². The minimum absolute atomic E-state index is 0.0185. The molecular weight excluding hydrogens is 209 g/mol. The first kappa shape index (κ1) is 11.5. The van der Waals surface area contributed by atoms with E-state index in [1.807, 2.05) is 6.07 Å². The molecule has 1 aliphatic heterocycles. The monoisotopic (exact) mass is 225 g/mol. The van der Waals surface area contributed by atoms with Gasteiger partial charge in [0.2, 0.25) is 0 Å². The fourth-order valence-electron chi connectivity index (χ4n) is 1.84. The van der Waals surface area contributed by atoms with Crippen LogP contribution in [0.1, 0.15) is 17.2 Å². The molecule has 1 fully saturated rings. The molecule has 0 radical (unpaired) electrons. The smallest absolute Gasteiger partial charge is 0.128 e. The number of rotatable bonds is 3. The number of hydrogen-bond acceptors (Lipinski definition) is 3. The Morgan fingerprint density at radius 2 is 2.44 bits per heavy atom. The summed E-state index contributed by atoms with van der Waals surface area (Å²) in [6.45, 7) is 2.64. The van der Waals surface area contributed by atoms with Gasteiger partial charge < -0.3 is 14.8 Å². The molecule has 0 aliphatic carbocycles. The number of halogens is 1. The van der Waals surface area contributed by atoms with Crippen molar-refractivity contribution in [2.24, 2.45) is 0 Å². The summed E-state index contributed by atoms with van der Waals surface area (Å²) in [7, 11) is 1.56. The van der Waals surface area contributed by atoms with Crippen molar-refractivity contribution >= 4 is 0 Å². The Hall–Kier alpha value is -0.970. The summed E-state index contributed by atoms with van der Waals surface area (Å²) >= 11 is 0. The molecule has 16 heavy (non-hydrogen) atoms. The fraction of sp³-hybridized carbons (Fsp3) is 0.500. The largest absolute Gasteiger partial charge is 0.380 e. The molecule has 0 spiro atoms. The van der Waals surface area contributed by atoms with Gasteiger partial charge in [0, 0.05) is 25.8 Å². The lowest BCUT2D eigenvalue weighted by molar-refractivity contribution is 0.0275. The minimum atomic E-state index is -0.227. The normalized spacial score (nSPS) is 21.0. The van der Waals surface area contributed by atoms with Gasteiger partial charge in [0.15, 0.2) is 0 Å². The van der Waals surface area contributed by atoms with E-state index in [1.165, 1.54) is 6.07 Å². The first-order valence-electron chi connectivity index (χ1n) is 5.41. The fourth-order valence-corrected chi connectivity index (χ4v) is 1.84. The van der Waals surface area contributed by atoms with Crippen LogP contribution in [0, 0.1) is 5.82 Å². The zero-order chi connectivity index (χ0) is 11.4. The topological polar surface area (TPSA) is 30.5 Å². The highest BCUT2D eigenvalue weighted by Gasteiger charge is 2.16. The second-order valence-corrected chi connectivity index (χ2v) is 3.85.